The lowest BCUT2D eigenvalue weighted by atomic mass is 10.0. The smallest absolute Gasteiger partial charge is 0.340 e. The van der Waals surface area contributed by atoms with Crippen LogP contribution in [0.5, 0.6) is 0 Å². The third kappa shape index (κ3) is 3.54. The van der Waals surface area contributed by atoms with Crippen LogP contribution in [0.3, 0.4) is 0 Å². The Labute approximate surface area is 168 Å². The maximum atomic E-state index is 13.3. The average Bonchev–Trinajstić information content (AvgIpc) is 2.93. The third-order valence-electron chi connectivity index (χ3n) is 4.97. The molecule has 2 aromatic carbocycles. The summed E-state index contributed by atoms with van der Waals surface area (Å²) in [6.07, 6.45) is 1.37. The van der Waals surface area contributed by atoms with Crippen LogP contribution in [0, 0.1) is 24.0 Å². The summed E-state index contributed by atoms with van der Waals surface area (Å²) in [5, 5.41) is 11.3. The first-order valence-electron chi connectivity index (χ1n) is 8.92. The second kappa shape index (κ2) is 7.71. The van der Waals surface area contributed by atoms with Crippen LogP contribution in [0.1, 0.15) is 23.6 Å². The molecule has 2 aromatic rings. The van der Waals surface area contributed by atoms with Gasteiger partial charge in [-0.2, -0.15) is 0 Å². The van der Waals surface area contributed by atoms with Gasteiger partial charge in [-0.25, -0.2) is 4.79 Å². The molecule has 0 aromatic heterocycles. The van der Waals surface area contributed by atoms with Crippen molar-refractivity contribution in [3.8, 4) is 0 Å². The molecule has 0 saturated carbocycles. The summed E-state index contributed by atoms with van der Waals surface area (Å²) in [7, 11) is 1.23. The van der Waals surface area contributed by atoms with Gasteiger partial charge >= 0.3 is 5.97 Å². The number of carbonyl (C=O) groups excluding carboxylic acids is 2. The molecule has 148 valence electrons. The van der Waals surface area contributed by atoms with Crippen LogP contribution >= 0.6 is 0 Å². The Morgan fingerprint density at radius 3 is 2.41 bits per heavy atom. The van der Waals surface area contributed by atoms with E-state index in [1.54, 1.807) is 25.1 Å². The van der Waals surface area contributed by atoms with E-state index in [0.29, 0.717) is 11.4 Å². The predicted molar refractivity (Wildman–Crippen MR) is 109 cm³/mol. The second-order valence-corrected chi connectivity index (χ2v) is 6.74. The van der Waals surface area contributed by atoms with Gasteiger partial charge in [0.2, 0.25) is 0 Å². The number of hydrogen-bond acceptors (Lipinski definition) is 5. The van der Waals surface area contributed by atoms with Crippen molar-refractivity contribution in [3.05, 3.63) is 86.1 Å². The normalized spacial score (nSPS) is 15.2. The largest absolute Gasteiger partial charge is 0.465 e. The minimum Gasteiger partial charge on any atom is -0.465 e. The van der Waals surface area contributed by atoms with Crippen LogP contribution in [0.15, 0.2) is 59.3 Å². The SMILES string of the molecule is COC(=O)C1=C(C)N(c2ccc(C)c(C)c2)C(=O)/C1=C\c1ccccc1[N+](=O)[O-]. The summed E-state index contributed by atoms with van der Waals surface area (Å²) in [6.45, 7) is 5.55. The number of nitrogens with zero attached hydrogens (tertiary/aromatic N) is 2. The monoisotopic (exact) mass is 392 g/mol. The summed E-state index contributed by atoms with van der Waals surface area (Å²) in [5.74, 6) is -1.11. The zero-order valence-corrected chi connectivity index (χ0v) is 16.6. The molecule has 0 aliphatic carbocycles. The quantitative estimate of drug-likeness (QED) is 0.338. The lowest BCUT2D eigenvalue weighted by Crippen LogP contribution is -2.24. The first-order valence-corrected chi connectivity index (χ1v) is 8.92. The average molecular weight is 392 g/mol. The number of amides is 1. The summed E-state index contributed by atoms with van der Waals surface area (Å²) in [5.41, 5.74) is 3.33. The number of ether oxygens (including phenoxy) is 1. The van der Waals surface area contributed by atoms with Crippen molar-refractivity contribution in [1.29, 1.82) is 0 Å². The molecular weight excluding hydrogens is 372 g/mol. The highest BCUT2D eigenvalue weighted by Crippen LogP contribution is 2.36. The Balaban J connectivity index is 2.20. The van der Waals surface area contributed by atoms with E-state index in [-0.39, 0.29) is 22.4 Å². The van der Waals surface area contributed by atoms with Crippen molar-refractivity contribution >= 4 is 29.3 Å². The number of benzene rings is 2. The van der Waals surface area contributed by atoms with Crippen LogP contribution in [0.25, 0.3) is 6.08 Å². The fourth-order valence-electron chi connectivity index (χ4n) is 3.29. The molecule has 0 spiro atoms. The molecule has 3 rings (SSSR count). The van der Waals surface area contributed by atoms with Gasteiger partial charge in [-0.1, -0.05) is 18.2 Å². The first kappa shape index (κ1) is 20.0. The molecule has 1 heterocycles. The van der Waals surface area contributed by atoms with Gasteiger partial charge in [0, 0.05) is 17.5 Å². The minimum atomic E-state index is -0.674. The first-order chi connectivity index (χ1) is 13.8. The highest BCUT2D eigenvalue weighted by atomic mass is 16.6. The molecular formula is C22H20N2O5. The van der Waals surface area contributed by atoms with Crippen LogP contribution in [-0.2, 0) is 14.3 Å². The van der Waals surface area contributed by atoms with Gasteiger partial charge in [0.05, 0.1) is 28.7 Å². The second-order valence-electron chi connectivity index (χ2n) is 6.74. The Morgan fingerprint density at radius 1 is 1.10 bits per heavy atom. The maximum Gasteiger partial charge on any atom is 0.340 e. The molecule has 29 heavy (non-hydrogen) atoms. The fraction of sp³-hybridized carbons (Fsp3) is 0.182. The molecule has 0 N–H and O–H groups in total. The number of methoxy groups -OCH3 is 1. The number of para-hydroxylation sites is 1. The van der Waals surface area contributed by atoms with Gasteiger partial charge in [-0.15, -0.1) is 0 Å². The van der Waals surface area contributed by atoms with Crippen molar-refractivity contribution < 1.29 is 19.2 Å². The van der Waals surface area contributed by atoms with Crippen molar-refractivity contribution in [2.45, 2.75) is 20.8 Å². The molecule has 7 nitrogen and oxygen atoms in total. The van der Waals surface area contributed by atoms with Gasteiger partial charge in [0.1, 0.15) is 0 Å². The van der Waals surface area contributed by atoms with Gasteiger partial charge < -0.3 is 4.74 Å². The molecule has 0 unspecified atom stereocenters. The van der Waals surface area contributed by atoms with Crippen LogP contribution in [-0.4, -0.2) is 23.9 Å². The molecule has 0 fully saturated rings. The Morgan fingerprint density at radius 2 is 1.79 bits per heavy atom. The number of hydrogen-bond donors (Lipinski definition) is 0. The van der Waals surface area contributed by atoms with Gasteiger partial charge in [-0.05, 0) is 56.2 Å². The molecule has 1 aliphatic rings. The molecule has 0 atom stereocenters. The van der Waals surface area contributed by atoms with E-state index < -0.39 is 16.8 Å². The number of aryl methyl sites for hydroxylation is 2. The van der Waals surface area contributed by atoms with E-state index in [9.17, 15) is 19.7 Å². The van der Waals surface area contributed by atoms with Gasteiger partial charge in [0.15, 0.2) is 0 Å². The van der Waals surface area contributed by atoms with E-state index in [1.807, 2.05) is 26.0 Å². The Kier molecular flexibility index (Phi) is 5.32. The maximum absolute atomic E-state index is 13.3. The lowest BCUT2D eigenvalue weighted by Gasteiger charge is -2.19. The van der Waals surface area contributed by atoms with Crippen LogP contribution < -0.4 is 4.90 Å². The lowest BCUT2D eigenvalue weighted by molar-refractivity contribution is -0.385. The zero-order chi connectivity index (χ0) is 21.3. The predicted octanol–water partition coefficient (Wildman–Crippen LogP) is 4.09. The molecule has 0 radical (unpaired) electrons. The number of nitro benzene ring substituents is 1. The van der Waals surface area contributed by atoms with Crippen LogP contribution in [0.2, 0.25) is 0 Å². The zero-order valence-electron chi connectivity index (χ0n) is 16.6. The highest BCUT2D eigenvalue weighted by Gasteiger charge is 2.38. The fourth-order valence-corrected chi connectivity index (χ4v) is 3.29. The van der Waals surface area contributed by atoms with E-state index >= 15 is 0 Å². The van der Waals surface area contributed by atoms with Crippen molar-refractivity contribution in [3.63, 3.8) is 0 Å². The summed E-state index contributed by atoms with van der Waals surface area (Å²) in [4.78, 5) is 38.0. The van der Waals surface area contributed by atoms with Crippen LogP contribution in [0.4, 0.5) is 11.4 Å². The third-order valence-corrected chi connectivity index (χ3v) is 4.97. The van der Waals surface area contributed by atoms with Gasteiger partial charge in [0.25, 0.3) is 11.6 Å². The molecule has 1 aliphatic heterocycles. The highest BCUT2D eigenvalue weighted by molar-refractivity contribution is 6.24. The van der Waals surface area contributed by atoms with E-state index in [0.717, 1.165) is 11.1 Å². The number of allylic oxidation sites excluding steroid dienone is 1. The number of nitro groups is 1. The van der Waals surface area contributed by atoms with Crippen molar-refractivity contribution in [2.24, 2.45) is 0 Å². The van der Waals surface area contributed by atoms with E-state index in [2.05, 4.69) is 0 Å². The topological polar surface area (TPSA) is 89.8 Å². The Bertz CT molecular complexity index is 1100. The van der Waals surface area contributed by atoms with E-state index in [4.69, 9.17) is 4.74 Å². The number of carbonyl (C=O) groups is 2. The summed E-state index contributed by atoms with van der Waals surface area (Å²) >= 11 is 0. The van der Waals surface area contributed by atoms with Crippen molar-refractivity contribution in [1.82, 2.24) is 0 Å². The summed E-state index contributed by atoms with van der Waals surface area (Å²) < 4.78 is 4.88. The standard InChI is InChI=1S/C22H20N2O5/c1-13-9-10-17(11-14(13)2)23-15(3)20(22(26)29-4)18(21(23)25)12-16-7-5-6-8-19(16)24(27)28/h5-12H,1-4H3/b18-12-. The number of anilines is 1. The molecule has 0 bridgehead atoms. The molecule has 0 saturated heterocycles. The van der Waals surface area contributed by atoms with Gasteiger partial charge in [-0.3, -0.25) is 19.8 Å². The molecule has 7 heteroatoms. The number of rotatable bonds is 4. The van der Waals surface area contributed by atoms with E-state index in [1.165, 1.54) is 30.2 Å². The molecule has 1 amide bonds. The van der Waals surface area contributed by atoms with Crippen molar-refractivity contribution in [2.75, 3.05) is 12.0 Å². The minimum absolute atomic E-state index is 0.0573. The summed E-state index contributed by atoms with van der Waals surface area (Å²) in [6, 6.07) is 11.6. The Hall–Kier alpha value is -3.74. The number of esters is 1.